The Kier molecular flexibility index (Phi) is 6.01. The molecular weight excluding hydrogens is 426 g/mol. The lowest BCUT2D eigenvalue weighted by Gasteiger charge is -2.22. The highest BCUT2D eigenvalue weighted by Gasteiger charge is 2.23. The van der Waals surface area contributed by atoms with Crippen LogP contribution in [0.3, 0.4) is 0 Å². The van der Waals surface area contributed by atoms with Gasteiger partial charge in [-0.3, -0.25) is 0 Å². The van der Waals surface area contributed by atoms with Crippen LogP contribution in [0, 0.1) is 11.3 Å². The predicted octanol–water partition coefficient (Wildman–Crippen LogP) is 4.16. The van der Waals surface area contributed by atoms with Gasteiger partial charge in [0.2, 0.25) is 0 Å². The molecule has 1 aliphatic carbocycles. The maximum Gasteiger partial charge on any atom is 0.175 e. The van der Waals surface area contributed by atoms with Crippen molar-refractivity contribution in [3.05, 3.63) is 102 Å². The second kappa shape index (κ2) is 9.04. The van der Waals surface area contributed by atoms with E-state index in [-0.39, 0.29) is 10.8 Å². The van der Waals surface area contributed by atoms with Gasteiger partial charge in [-0.05, 0) is 54.6 Å². The topological polar surface area (TPSA) is 102 Å². The summed E-state index contributed by atoms with van der Waals surface area (Å²) in [4.78, 5) is 0.208. The summed E-state index contributed by atoms with van der Waals surface area (Å²) in [6.07, 6.45) is 6.96. The molecule has 7 nitrogen and oxygen atoms in total. The fourth-order valence-corrected chi connectivity index (χ4v) is 3.86. The average molecular weight is 446 g/mol. The molecule has 2 aromatic carbocycles. The fourth-order valence-electron chi connectivity index (χ4n) is 3.23. The molecule has 0 N–H and O–H groups in total. The third-order valence-corrected chi connectivity index (χ3v) is 5.98. The van der Waals surface area contributed by atoms with Gasteiger partial charge in [-0.1, -0.05) is 18.2 Å². The molecular formula is C24H19N3O4S. The number of sulfone groups is 1. The molecule has 0 spiro atoms. The minimum Gasteiger partial charge on any atom is -0.458 e. The molecule has 32 heavy (non-hydrogen) atoms. The van der Waals surface area contributed by atoms with Gasteiger partial charge in [-0.2, -0.15) is 15.5 Å². The molecule has 0 amide bonds. The lowest BCUT2D eigenvalue weighted by molar-refractivity contribution is 0.333. The van der Waals surface area contributed by atoms with Crippen LogP contribution in [0.2, 0.25) is 0 Å². The molecule has 0 saturated heterocycles. The van der Waals surface area contributed by atoms with Gasteiger partial charge in [-0.25, -0.2) is 8.42 Å². The number of rotatable bonds is 6. The van der Waals surface area contributed by atoms with Gasteiger partial charge < -0.3 is 9.47 Å². The van der Waals surface area contributed by atoms with E-state index < -0.39 is 9.84 Å². The lowest BCUT2D eigenvalue weighted by atomic mass is 9.95. The third-order valence-electron chi connectivity index (χ3n) is 4.85. The lowest BCUT2D eigenvalue weighted by Crippen LogP contribution is -2.14. The molecule has 1 aliphatic rings. The molecule has 0 bridgehead atoms. The molecule has 0 radical (unpaired) electrons. The molecule has 1 aromatic heterocycles. The molecule has 0 saturated carbocycles. The number of nitriles is 1. The first-order chi connectivity index (χ1) is 15.4. The summed E-state index contributed by atoms with van der Waals surface area (Å²) in [5.41, 5.74) is 1.19. The molecule has 1 atom stereocenters. The van der Waals surface area contributed by atoms with Crippen LogP contribution >= 0.6 is 0 Å². The fraction of sp³-hybridized carbons (Fsp3) is 0.125. The van der Waals surface area contributed by atoms with Crippen molar-refractivity contribution in [2.45, 2.75) is 17.2 Å². The second-order valence-electron chi connectivity index (χ2n) is 7.16. The van der Waals surface area contributed by atoms with Crippen LogP contribution < -0.4 is 9.47 Å². The minimum atomic E-state index is -3.31. The van der Waals surface area contributed by atoms with Gasteiger partial charge in [0, 0.05) is 24.8 Å². The maximum atomic E-state index is 11.7. The van der Waals surface area contributed by atoms with Crippen LogP contribution in [0.5, 0.6) is 11.5 Å². The van der Waals surface area contributed by atoms with Crippen molar-refractivity contribution in [1.29, 1.82) is 5.26 Å². The maximum absolute atomic E-state index is 11.7. The van der Waals surface area contributed by atoms with E-state index >= 15 is 0 Å². The number of hydrogen-bond donors (Lipinski definition) is 0. The zero-order valence-electron chi connectivity index (χ0n) is 17.2. The van der Waals surface area contributed by atoms with Crippen LogP contribution in [0.1, 0.15) is 23.6 Å². The average Bonchev–Trinajstić information content (AvgIpc) is 2.81. The minimum absolute atomic E-state index is 0.0763. The Morgan fingerprint density at radius 2 is 1.81 bits per heavy atom. The zero-order valence-corrected chi connectivity index (χ0v) is 18.0. The van der Waals surface area contributed by atoms with E-state index in [9.17, 15) is 13.7 Å². The van der Waals surface area contributed by atoms with Crippen molar-refractivity contribution in [2.75, 3.05) is 6.26 Å². The Morgan fingerprint density at radius 1 is 1.03 bits per heavy atom. The number of para-hydroxylation sites is 1. The number of hydrogen-bond acceptors (Lipinski definition) is 7. The molecule has 8 heteroatoms. The monoisotopic (exact) mass is 445 g/mol. The van der Waals surface area contributed by atoms with Gasteiger partial charge in [0.05, 0.1) is 16.2 Å². The number of nitrogens with zero attached hydrogens (tertiary/aromatic N) is 3. The first kappa shape index (κ1) is 21.3. The van der Waals surface area contributed by atoms with Gasteiger partial charge in [0.1, 0.15) is 23.3 Å². The van der Waals surface area contributed by atoms with Crippen molar-refractivity contribution in [1.82, 2.24) is 10.2 Å². The molecule has 4 rings (SSSR count). The summed E-state index contributed by atoms with van der Waals surface area (Å²) in [6, 6.07) is 19.0. The smallest absolute Gasteiger partial charge is 0.175 e. The van der Waals surface area contributed by atoms with E-state index in [2.05, 4.69) is 16.3 Å². The summed E-state index contributed by atoms with van der Waals surface area (Å²) >= 11 is 0. The van der Waals surface area contributed by atoms with Crippen LogP contribution in [0.15, 0.2) is 95.4 Å². The van der Waals surface area contributed by atoms with Gasteiger partial charge in [0.25, 0.3) is 0 Å². The van der Waals surface area contributed by atoms with Crippen LogP contribution in [0.25, 0.3) is 0 Å². The van der Waals surface area contributed by atoms with Crippen molar-refractivity contribution in [2.24, 2.45) is 0 Å². The number of allylic oxidation sites excluding steroid dienone is 3. The molecule has 3 aromatic rings. The highest BCUT2D eigenvalue weighted by Crippen LogP contribution is 2.34. The highest BCUT2D eigenvalue weighted by atomic mass is 32.2. The van der Waals surface area contributed by atoms with E-state index in [1.807, 2.05) is 18.2 Å². The van der Waals surface area contributed by atoms with Crippen LogP contribution in [-0.2, 0) is 9.84 Å². The number of ether oxygens (including phenoxy) is 2. The second-order valence-corrected chi connectivity index (χ2v) is 9.18. The SMILES string of the molecule is CS(=O)(=O)c1ccc(OC2=C(Oc3ccccc3C#N)C=CC(c3cccnn3)C2)cc1. The predicted molar refractivity (Wildman–Crippen MR) is 118 cm³/mol. The number of aromatic nitrogens is 2. The van der Waals surface area contributed by atoms with Crippen molar-refractivity contribution < 1.29 is 17.9 Å². The van der Waals surface area contributed by atoms with E-state index in [0.717, 1.165) is 11.9 Å². The Morgan fingerprint density at radius 3 is 2.50 bits per heavy atom. The molecule has 1 unspecified atom stereocenters. The first-order valence-electron chi connectivity index (χ1n) is 9.78. The van der Waals surface area contributed by atoms with Crippen molar-refractivity contribution in [3.8, 4) is 17.6 Å². The van der Waals surface area contributed by atoms with E-state index in [1.54, 1.807) is 48.7 Å². The molecule has 1 heterocycles. The van der Waals surface area contributed by atoms with E-state index in [1.165, 1.54) is 12.1 Å². The van der Waals surface area contributed by atoms with Crippen LogP contribution in [0.4, 0.5) is 0 Å². The number of benzene rings is 2. The third kappa shape index (κ3) is 4.85. The quantitative estimate of drug-likeness (QED) is 0.561. The zero-order chi connectivity index (χ0) is 22.6. The van der Waals surface area contributed by atoms with Gasteiger partial charge >= 0.3 is 0 Å². The van der Waals surface area contributed by atoms with Crippen molar-refractivity contribution in [3.63, 3.8) is 0 Å². The highest BCUT2D eigenvalue weighted by molar-refractivity contribution is 7.90. The summed E-state index contributed by atoms with van der Waals surface area (Å²) in [5, 5.41) is 17.5. The van der Waals surface area contributed by atoms with E-state index in [4.69, 9.17) is 9.47 Å². The summed E-state index contributed by atoms with van der Waals surface area (Å²) in [7, 11) is -3.31. The Hall–Kier alpha value is -3.96. The normalized spacial score (nSPS) is 15.8. The summed E-state index contributed by atoms with van der Waals surface area (Å²) in [6.45, 7) is 0. The van der Waals surface area contributed by atoms with Gasteiger partial charge in [-0.15, -0.1) is 0 Å². The van der Waals surface area contributed by atoms with Crippen LogP contribution in [-0.4, -0.2) is 24.9 Å². The first-order valence-corrected chi connectivity index (χ1v) is 11.7. The molecule has 0 aliphatic heterocycles. The summed E-state index contributed by atoms with van der Waals surface area (Å²) in [5.74, 6) is 1.80. The Labute approximate surface area is 186 Å². The van der Waals surface area contributed by atoms with Crippen molar-refractivity contribution >= 4 is 9.84 Å². The molecule has 160 valence electrons. The standard InChI is InChI=1S/C24H19N3O4S/c1-32(28,29)20-11-9-19(10-12-20)30-24-15-17(21-6-4-14-26-27-21)8-13-23(24)31-22-7-3-2-5-18(22)16-25/h2-14,17H,15H2,1H3. The van der Waals surface area contributed by atoms with Gasteiger partial charge in [0.15, 0.2) is 15.6 Å². The largest absolute Gasteiger partial charge is 0.458 e. The Bertz CT molecular complexity index is 1330. The van der Waals surface area contributed by atoms with E-state index in [0.29, 0.717) is 35.0 Å². The summed E-state index contributed by atoms with van der Waals surface area (Å²) < 4.78 is 35.6. The molecule has 0 fully saturated rings. The Balaban J connectivity index is 1.67.